The molecular formula is C17H20N2O4. The molecule has 6 nitrogen and oxygen atoms in total. The smallest absolute Gasteiger partial charge is 0.252 e. The fourth-order valence-electron chi connectivity index (χ4n) is 3.56. The molecule has 3 heterocycles. The minimum atomic E-state index is -0.0639. The van der Waals surface area contributed by atoms with E-state index in [4.69, 9.17) is 9.47 Å². The lowest BCUT2D eigenvalue weighted by Gasteiger charge is -2.23. The number of ether oxygens (including phenoxy) is 2. The highest BCUT2D eigenvalue weighted by Gasteiger charge is 2.25. The molecule has 2 aliphatic heterocycles. The Morgan fingerprint density at radius 2 is 2.09 bits per heavy atom. The largest absolute Gasteiger partial charge is 0.454 e. The molecule has 1 saturated heterocycles. The van der Waals surface area contributed by atoms with Gasteiger partial charge in [0.1, 0.15) is 0 Å². The molecule has 0 unspecified atom stereocenters. The summed E-state index contributed by atoms with van der Waals surface area (Å²) in [7, 11) is 0. The summed E-state index contributed by atoms with van der Waals surface area (Å²) >= 11 is 0. The van der Waals surface area contributed by atoms with E-state index < -0.39 is 0 Å². The van der Waals surface area contributed by atoms with Gasteiger partial charge in [0.15, 0.2) is 11.5 Å². The number of nitrogens with one attached hydrogen (secondary N) is 1. The number of aromatic amines is 1. The van der Waals surface area contributed by atoms with Crippen LogP contribution in [0.25, 0.3) is 10.9 Å². The second-order valence-corrected chi connectivity index (χ2v) is 6.20. The molecule has 23 heavy (non-hydrogen) atoms. The van der Waals surface area contributed by atoms with Crippen molar-refractivity contribution < 1.29 is 14.6 Å². The van der Waals surface area contributed by atoms with E-state index >= 15 is 0 Å². The van der Waals surface area contributed by atoms with Crippen LogP contribution >= 0.6 is 0 Å². The summed E-state index contributed by atoms with van der Waals surface area (Å²) in [6, 6.07) is 6.02. The summed E-state index contributed by atoms with van der Waals surface area (Å²) in [5, 5.41) is 10.1. The van der Waals surface area contributed by atoms with E-state index in [1.165, 1.54) is 0 Å². The SMILES string of the molecule is O=c1[nH]c2cc3c(cc2cc1CN1CCC[C@@H]1CCO)OCO3. The molecule has 6 heteroatoms. The predicted molar refractivity (Wildman–Crippen MR) is 85.8 cm³/mol. The first-order valence-corrected chi connectivity index (χ1v) is 8.05. The van der Waals surface area contributed by atoms with E-state index in [-0.39, 0.29) is 19.0 Å². The minimum Gasteiger partial charge on any atom is -0.454 e. The molecule has 1 aromatic heterocycles. The highest BCUT2D eigenvalue weighted by molar-refractivity contribution is 5.83. The molecule has 0 bridgehead atoms. The first-order valence-electron chi connectivity index (χ1n) is 8.05. The number of aromatic nitrogens is 1. The molecule has 2 aromatic rings. The van der Waals surface area contributed by atoms with Crippen LogP contribution in [0.15, 0.2) is 23.0 Å². The number of benzene rings is 1. The molecule has 1 atom stereocenters. The van der Waals surface area contributed by atoms with Crippen LogP contribution in [0.5, 0.6) is 11.5 Å². The third kappa shape index (κ3) is 2.68. The van der Waals surface area contributed by atoms with Crippen LogP contribution in [0, 0.1) is 0 Å². The lowest BCUT2D eigenvalue weighted by Crippen LogP contribution is -2.32. The first-order chi connectivity index (χ1) is 11.2. The minimum absolute atomic E-state index is 0.0639. The summed E-state index contributed by atoms with van der Waals surface area (Å²) in [5.41, 5.74) is 1.45. The number of hydrogen-bond donors (Lipinski definition) is 2. The van der Waals surface area contributed by atoms with Crippen LogP contribution in [-0.2, 0) is 6.54 Å². The average molecular weight is 316 g/mol. The molecule has 0 spiro atoms. The van der Waals surface area contributed by atoms with E-state index in [0.29, 0.717) is 18.3 Å². The number of hydrogen-bond acceptors (Lipinski definition) is 5. The summed E-state index contributed by atoms with van der Waals surface area (Å²) in [6.07, 6.45) is 2.98. The van der Waals surface area contributed by atoms with E-state index in [2.05, 4.69) is 9.88 Å². The Morgan fingerprint density at radius 3 is 2.91 bits per heavy atom. The second-order valence-electron chi connectivity index (χ2n) is 6.20. The fraction of sp³-hybridized carbons (Fsp3) is 0.471. The standard InChI is InChI=1S/C17H20N2O4/c20-5-3-13-2-1-4-19(13)9-12-6-11-7-15-16(23-10-22-15)8-14(11)18-17(12)21/h6-8,13,20H,1-5,9-10H2,(H,18,21)/t13-/m1/s1. The van der Waals surface area contributed by atoms with Gasteiger partial charge in [-0.05, 0) is 37.9 Å². The van der Waals surface area contributed by atoms with Gasteiger partial charge in [-0.2, -0.15) is 0 Å². The van der Waals surface area contributed by atoms with Crippen LogP contribution in [0.4, 0.5) is 0 Å². The van der Waals surface area contributed by atoms with Crippen LogP contribution in [0.1, 0.15) is 24.8 Å². The average Bonchev–Trinajstić information content (AvgIpc) is 3.15. The maximum atomic E-state index is 12.4. The van der Waals surface area contributed by atoms with Crippen molar-refractivity contribution in [3.05, 3.63) is 34.1 Å². The zero-order valence-electron chi connectivity index (χ0n) is 12.9. The number of likely N-dealkylation sites (tertiary alicyclic amines) is 1. The van der Waals surface area contributed by atoms with Crippen LogP contribution in [-0.4, -0.2) is 41.0 Å². The zero-order chi connectivity index (χ0) is 15.8. The van der Waals surface area contributed by atoms with Gasteiger partial charge in [-0.25, -0.2) is 0 Å². The molecule has 0 saturated carbocycles. The Kier molecular flexibility index (Phi) is 3.71. The van der Waals surface area contributed by atoms with Gasteiger partial charge in [-0.3, -0.25) is 9.69 Å². The van der Waals surface area contributed by atoms with E-state index in [1.54, 1.807) is 0 Å². The van der Waals surface area contributed by atoms with Crippen molar-refractivity contribution in [2.24, 2.45) is 0 Å². The third-order valence-corrected chi connectivity index (χ3v) is 4.75. The van der Waals surface area contributed by atoms with Gasteiger partial charge in [0.2, 0.25) is 6.79 Å². The maximum absolute atomic E-state index is 12.4. The van der Waals surface area contributed by atoms with E-state index in [9.17, 15) is 9.90 Å². The highest BCUT2D eigenvalue weighted by atomic mass is 16.7. The van der Waals surface area contributed by atoms with Crippen molar-refractivity contribution in [1.29, 1.82) is 0 Å². The first kappa shape index (κ1) is 14.5. The quantitative estimate of drug-likeness (QED) is 0.896. The van der Waals surface area contributed by atoms with Gasteiger partial charge < -0.3 is 19.6 Å². The molecule has 122 valence electrons. The number of nitrogens with zero attached hydrogens (tertiary/aromatic N) is 1. The van der Waals surface area contributed by atoms with Gasteiger partial charge in [0.25, 0.3) is 5.56 Å². The number of fused-ring (bicyclic) bond motifs is 2. The van der Waals surface area contributed by atoms with Crippen molar-refractivity contribution in [3.8, 4) is 11.5 Å². The topological polar surface area (TPSA) is 74.8 Å². The maximum Gasteiger partial charge on any atom is 0.252 e. The number of pyridine rings is 1. The van der Waals surface area contributed by atoms with Crippen LogP contribution in [0.2, 0.25) is 0 Å². The fourth-order valence-corrected chi connectivity index (χ4v) is 3.56. The molecule has 1 fully saturated rings. The Labute approximate surface area is 133 Å². The Morgan fingerprint density at radius 1 is 1.26 bits per heavy atom. The van der Waals surface area contributed by atoms with Crippen molar-refractivity contribution in [1.82, 2.24) is 9.88 Å². The predicted octanol–water partition coefficient (Wildman–Crippen LogP) is 1.60. The Hall–Kier alpha value is -2.05. The van der Waals surface area contributed by atoms with Crippen molar-refractivity contribution >= 4 is 10.9 Å². The highest BCUT2D eigenvalue weighted by Crippen LogP contribution is 2.35. The molecule has 0 amide bonds. The summed E-state index contributed by atoms with van der Waals surface area (Å²) in [5.74, 6) is 1.39. The van der Waals surface area contributed by atoms with Crippen molar-refractivity contribution in [3.63, 3.8) is 0 Å². The number of aliphatic hydroxyl groups excluding tert-OH is 1. The zero-order valence-corrected chi connectivity index (χ0v) is 12.9. The number of H-pyrrole nitrogens is 1. The molecular weight excluding hydrogens is 296 g/mol. The van der Waals surface area contributed by atoms with Gasteiger partial charge in [0, 0.05) is 36.2 Å². The Bertz CT molecular complexity index is 786. The van der Waals surface area contributed by atoms with Crippen LogP contribution < -0.4 is 15.0 Å². The molecule has 0 radical (unpaired) electrons. The van der Waals surface area contributed by atoms with Gasteiger partial charge in [-0.15, -0.1) is 0 Å². The summed E-state index contributed by atoms with van der Waals surface area (Å²) in [6.45, 7) is 2.01. The second kappa shape index (κ2) is 5.86. The molecule has 4 rings (SSSR count). The van der Waals surface area contributed by atoms with Crippen LogP contribution in [0.3, 0.4) is 0 Å². The lowest BCUT2D eigenvalue weighted by atomic mass is 10.1. The van der Waals surface area contributed by atoms with Gasteiger partial charge in [-0.1, -0.05) is 0 Å². The number of rotatable bonds is 4. The van der Waals surface area contributed by atoms with Gasteiger partial charge >= 0.3 is 0 Å². The normalized spacial score (nSPS) is 20.5. The Balaban J connectivity index is 1.66. The van der Waals surface area contributed by atoms with E-state index in [1.807, 2.05) is 18.2 Å². The van der Waals surface area contributed by atoms with Gasteiger partial charge in [0.05, 0.1) is 5.52 Å². The number of aliphatic hydroxyl groups is 1. The van der Waals surface area contributed by atoms with Crippen molar-refractivity contribution in [2.75, 3.05) is 19.9 Å². The van der Waals surface area contributed by atoms with Crippen molar-refractivity contribution in [2.45, 2.75) is 31.8 Å². The summed E-state index contributed by atoms with van der Waals surface area (Å²) < 4.78 is 10.8. The molecule has 2 aliphatic rings. The summed E-state index contributed by atoms with van der Waals surface area (Å²) in [4.78, 5) is 17.6. The van der Waals surface area contributed by atoms with E-state index in [0.717, 1.165) is 48.0 Å². The monoisotopic (exact) mass is 316 g/mol. The molecule has 0 aliphatic carbocycles. The lowest BCUT2D eigenvalue weighted by molar-refractivity contribution is 0.174. The third-order valence-electron chi connectivity index (χ3n) is 4.75. The molecule has 1 aromatic carbocycles. The molecule has 2 N–H and O–H groups in total.